The van der Waals surface area contributed by atoms with Crippen LogP contribution in [0.15, 0.2) is 0 Å². The van der Waals surface area contributed by atoms with Gasteiger partial charge in [-0.05, 0) is 13.3 Å². The summed E-state index contributed by atoms with van der Waals surface area (Å²) in [6.07, 6.45) is 1.14. The van der Waals surface area contributed by atoms with E-state index >= 15 is 0 Å². The Morgan fingerprint density at radius 1 is 1.53 bits per heavy atom. The van der Waals surface area contributed by atoms with Gasteiger partial charge in [0, 0.05) is 13.1 Å². The second-order valence-corrected chi connectivity index (χ2v) is 4.59. The lowest BCUT2D eigenvalue weighted by molar-refractivity contribution is -0.145. The van der Waals surface area contributed by atoms with Gasteiger partial charge >= 0.3 is 5.97 Å². The van der Waals surface area contributed by atoms with Gasteiger partial charge in [-0.25, -0.2) is 4.79 Å². The zero-order valence-corrected chi connectivity index (χ0v) is 10.3. The van der Waals surface area contributed by atoms with E-state index in [2.05, 4.69) is 10.6 Å². The number of carboxylic acids is 1. The first-order valence-corrected chi connectivity index (χ1v) is 5.84. The number of carboxylic acid groups (broad SMARTS) is 1. The van der Waals surface area contributed by atoms with Crippen molar-refractivity contribution in [1.29, 1.82) is 0 Å². The Balaban J connectivity index is 2.29. The third kappa shape index (κ3) is 4.32. The van der Waals surface area contributed by atoms with Crippen molar-refractivity contribution >= 4 is 11.9 Å². The zero-order valence-electron chi connectivity index (χ0n) is 10.3. The SMILES string of the molecule is CCC[C@@H](NC(=O)COC1(C)CNC1)C(=O)O. The maximum atomic E-state index is 11.5. The van der Waals surface area contributed by atoms with Gasteiger partial charge in [0.15, 0.2) is 0 Å². The number of hydrogen-bond donors (Lipinski definition) is 3. The van der Waals surface area contributed by atoms with Crippen LogP contribution in [-0.4, -0.2) is 48.3 Å². The van der Waals surface area contributed by atoms with Crippen molar-refractivity contribution < 1.29 is 19.4 Å². The van der Waals surface area contributed by atoms with E-state index in [9.17, 15) is 9.59 Å². The topological polar surface area (TPSA) is 87.7 Å². The molecule has 1 aliphatic rings. The largest absolute Gasteiger partial charge is 0.480 e. The molecule has 1 amide bonds. The van der Waals surface area contributed by atoms with Gasteiger partial charge in [-0.3, -0.25) is 4.79 Å². The molecule has 6 heteroatoms. The van der Waals surface area contributed by atoms with E-state index in [0.717, 1.165) is 13.1 Å². The molecule has 1 aliphatic heterocycles. The van der Waals surface area contributed by atoms with Crippen molar-refractivity contribution in [3.05, 3.63) is 0 Å². The van der Waals surface area contributed by atoms with Crippen molar-refractivity contribution in [3.8, 4) is 0 Å². The van der Waals surface area contributed by atoms with Crippen LogP contribution in [0.5, 0.6) is 0 Å². The molecule has 6 nitrogen and oxygen atoms in total. The minimum Gasteiger partial charge on any atom is -0.480 e. The highest BCUT2D eigenvalue weighted by Crippen LogP contribution is 2.14. The summed E-state index contributed by atoms with van der Waals surface area (Å²) >= 11 is 0. The number of aliphatic carboxylic acids is 1. The number of carbonyl (C=O) groups is 2. The van der Waals surface area contributed by atoms with Gasteiger partial charge in [0.05, 0.1) is 5.60 Å². The van der Waals surface area contributed by atoms with E-state index in [1.807, 2.05) is 13.8 Å². The zero-order chi connectivity index (χ0) is 12.9. The molecule has 0 radical (unpaired) electrons. The summed E-state index contributed by atoms with van der Waals surface area (Å²) < 4.78 is 5.42. The highest BCUT2D eigenvalue weighted by Gasteiger charge is 2.33. The summed E-state index contributed by atoms with van der Waals surface area (Å²) in [4.78, 5) is 22.3. The summed E-state index contributed by atoms with van der Waals surface area (Å²) in [7, 11) is 0. The van der Waals surface area contributed by atoms with Crippen LogP contribution in [-0.2, 0) is 14.3 Å². The Morgan fingerprint density at radius 2 is 2.18 bits per heavy atom. The van der Waals surface area contributed by atoms with Crippen LogP contribution in [0.1, 0.15) is 26.7 Å². The molecule has 1 saturated heterocycles. The van der Waals surface area contributed by atoms with Crippen LogP contribution in [0.25, 0.3) is 0 Å². The van der Waals surface area contributed by atoms with Crippen molar-refractivity contribution in [3.63, 3.8) is 0 Å². The predicted octanol–water partition coefficient (Wildman–Crippen LogP) is -0.266. The molecule has 0 bridgehead atoms. The molecule has 0 aromatic carbocycles. The summed E-state index contributed by atoms with van der Waals surface area (Å²) in [6.45, 7) is 5.14. The Bertz CT molecular complexity index is 289. The predicted molar refractivity (Wildman–Crippen MR) is 61.7 cm³/mol. The number of ether oxygens (including phenoxy) is 1. The Hall–Kier alpha value is -1.14. The summed E-state index contributed by atoms with van der Waals surface area (Å²) in [5.74, 6) is -1.38. The van der Waals surface area contributed by atoms with Crippen LogP contribution in [0.2, 0.25) is 0 Å². The molecule has 0 unspecified atom stereocenters. The molecule has 0 saturated carbocycles. The fourth-order valence-corrected chi connectivity index (χ4v) is 1.60. The fraction of sp³-hybridized carbons (Fsp3) is 0.818. The number of hydrogen-bond acceptors (Lipinski definition) is 4. The van der Waals surface area contributed by atoms with Gasteiger partial charge in [0.1, 0.15) is 12.6 Å². The van der Waals surface area contributed by atoms with E-state index in [0.29, 0.717) is 12.8 Å². The van der Waals surface area contributed by atoms with Crippen molar-refractivity contribution in [1.82, 2.24) is 10.6 Å². The van der Waals surface area contributed by atoms with E-state index < -0.39 is 12.0 Å². The Kier molecular flexibility index (Phi) is 4.89. The second-order valence-electron chi connectivity index (χ2n) is 4.59. The fourth-order valence-electron chi connectivity index (χ4n) is 1.60. The second kappa shape index (κ2) is 5.97. The Labute approximate surface area is 101 Å². The van der Waals surface area contributed by atoms with Crippen LogP contribution in [0.3, 0.4) is 0 Å². The summed E-state index contributed by atoms with van der Waals surface area (Å²) in [6, 6.07) is -0.816. The molecule has 98 valence electrons. The third-order valence-corrected chi connectivity index (χ3v) is 2.76. The highest BCUT2D eigenvalue weighted by atomic mass is 16.5. The summed E-state index contributed by atoms with van der Waals surface area (Å²) in [5, 5.41) is 14.4. The maximum Gasteiger partial charge on any atom is 0.326 e. The molecule has 1 fully saturated rings. The molecule has 3 N–H and O–H groups in total. The average Bonchev–Trinajstić information content (AvgIpc) is 2.23. The molecule has 0 aliphatic carbocycles. The van der Waals surface area contributed by atoms with E-state index in [-0.39, 0.29) is 18.1 Å². The van der Waals surface area contributed by atoms with E-state index in [1.165, 1.54) is 0 Å². The minimum absolute atomic E-state index is 0.0916. The molecule has 1 atom stereocenters. The maximum absolute atomic E-state index is 11.5. The lowest BCUT2D eigenvalue weighted by Gasteiger charge is -2.38. The molecule has 0 aromatic rings. The molecular weight excluding hydrogens is 224 g/mol. The Morgan fingerprint density at radius 3 is 2.59 bits per heavy atom. The number of amides is 1. The first-order chi connectivity index (χ1) is 7.97. The van der Waals surface area contributed by atoms with Gasteiger partial charge in [-0.15, -0.1) is 0 Å². The molecular formula is C11H20N2O4. The molecule has 1 heterocycles. The lowest BCUT2D eigenvalue weighted by atomic mass is 10.0. The van der Waals surface area contributed by atoms with Gasteiger partial charge < -0.3 is 20.5 Å². The first kappa shape index (κ1) is 13.9. The lowest BCUT2D eigenvalue weighted by Crippen LogP contribution is -2.60. The number of carbonyl (C=O) groups excluding carboxylic acids is 1. The monoisotopic (exact) mass is 244 g/mol. The first-order valence-electron chi connectivity index (χ1n) is 5.84. The third-order valence-electron chi connectivity index (χ3n) is 2.76. The van der Waals surface area contributed by atoms with Crippen LogP contribution >= 0.6 is 0 Å². The highest BCUT2D eigenvalue weighted by molar-refractivity contribution is 5.84. The standard InChI is InChI=1S/C11H20N2O4/c1-3-4-8(10(15)16)13-9(14)5-17-11(2)6-12-7-11/h8,12H,3-7H2,1-2H3,(H,13,14)(H,15,16)/t8-/m1/s1. The summed E-state index contributed by atoms with van der Waals surface area (Å²) in [5.41, 5.74) is -0.291. The normalized spacial score (nSPS) is 19.2. The van der Waals surface area contributed by atoms with Crippen LogP contribution in [0, 0.1) is 0 Å². The quantitative estimate of drug-likeness (QED) is 0.574. The molecule has 1 rings (SSSR count). The smallest absolute Gasteiger partial charge is 0.326 e. The van der Waals surface area contributed by atoms with Gasteiger partial charge in [-0.2, -0.15) is 0 Å². The van der Waals surface area contributed by atoms with Gasteiger partial charge in [0.2, 0.25) is 5.91 Å². The van der Waals surface area contributed by atoms with E-state index in [1.54, 1.807) is 0 Å². The molecule has 17 heavy (non-hydrogen) atoms. The number of rotatable bonds is 7. The minimum atomic E-state index is -1.00. The van der Waals surface area contributed by atoms with Crippen molar-refractivity contribution in [2.75, 3.05) is 19.7 Å². The van der Waals surface area contributed by atoms with Crippen LogP contribution < -0.4 is 10.6 Å². The average molecular weight is 244 g/mol. The van der Waals surface area contributed by atoms with Gasteiger partial charge in [0.25, 0.3) is 0 Å². The van der Waals surface area contributed by atoms with Gasteiger partial charge in [-0.1, -0.05) is 13.3 Å². The molecule has 0 spiro atoms. The van der Waals surface area contributed by atoms with Crippen molar-refractivity contribution in [2.24, 2.45) is 0 Å². The van der Waals surface area contributed by atoms with Crippen molar-refractivity contribution in [2.45, 2.75) is 38.3 Å². The van der Waals surface area contributed by atoms with Crippen LogP contribution in [0.4, 0.5) is 0 Å². The molecule has 0 aromatic heterocycles. The number of nitrogens with one attached hydrogen (secondary N) is 2. The van der Waals surface area contributed by atoms with E-state index in [4.69, 9.17) is 9.84 Å².